The number of rotatable bonds is 4. The first-order valence-electron chi connectivity index (χ1n) is 7.21. The van der Waals surface area contributed by atoms with E-state index in [1.165, 1.54) is 5.56 Å². The van der Waals surface area contributed by atoms with Crippen molar-refractivity contribution in [3.05, 3.63) is 29.6 Å². The second kappa shape index (κ2) is 6.56. The second-order valence-electron chi connectivity index (χ2n) is 5.42. The molecule has 1 aliphatic heterocycles. The van der Waals surface area contributed by atoms with Crippen molar-refractivity contribution in [2.24, 2.45) is 0 Å². The molecule has 3 amide bonds. The van der Waals surface area contributed by atoms with Crippen LogP contribution in [0.25, 0.3) is 0 Å². The molecule has 0 aromatic carbocycles. The molecule has 2 rings (SSSR count). The first kappa shape index (κ1) is 15.3. The molecular weight excluding hydrogens is 268 g/mol. The normalized spacial score (nSPS) is 18.0. The lowest BCUT2D eigenvalue weighted by molar-refractivity contribution is -0.128. The number of carbonyl (C=O) groups excluding carboxylic acids is 2. The second-order valence-corrected chi connectivity index (χ2v) is 5.42. The lowest BCUT2D eigenvalue weighted by atomic mass is 10.2. The summed E-state index contributed by atoms with van der Waals surface area (Å²) >= 11 is 0. The number of aromatic nitrogens is 1. The van der Waals surface area contributed by atoms with Crippen molar-refractivity contribution in [2.45, 2.75) is 32.4 Å². The van der Waals surface area contributed by atoms with Crippen LogP contribution in [0.5, 0.6) is 0 Å². The van der Waals surface area contributed by atoms with Gasteiger partial charge in [0, 0.05) is 26.8 Å². The highest BCUT2D eigenvalue weighted by atomic mass is 16.2. The van der Waals surface area contributed by atoms with Gasteiger partial charge in [-0.25, -0.2) is 4.79 Å². The van der Waals surface area contributed by atoms with E-state index in [4.69, 9.17) is 0 Å². The number of hydrogen-bond donors (Lipinski definition) is 1. The smallest absolute Gasteiger partial charge is 0.318 e. The summed E-state index contributed by atoms with van der Waals surface area (Å²) in [5, 5.41) is 2.77. The van der Waals surface area contributed by atoms with E-state index in [1.807, 2.05) is 18.3 Å². The Kier molecular flexibility index (Phi) is 4.77. The monoisotopic (exact) mass is 290 g/mol. The minimum Gasteiger partial charge on any atom is -0.344 e. The van der Waals surface area contributed by atoms with Crippen LogP contribution in [-0.2, 0) is 17.8 Å². The Morgan fingerprint density at radius 3 is 2.81 bits per heavy atom. The lowest BCUT2D eigenvalue weighted by Crippen LogP contribution is -2.46. The first-order valence-corrected chi connectivity index (χ1v) is 7.21. The molecule has 1 aromatic heterocycles. The number of amides is 3. The van der Waals surface area contributed by atoms with Gasteiger partial charge < -0.3 is 15.1 Å². The zero-order chi connectivity index (χ0) is 15.4. The molecule has 0 bridgehead atoms. The van der Waals surface area contributed by atoms with Gasteiger partial charge in [0.1, 0.15) is 6.04 Å². The molecule has 2 heterocycles. The van der Waals surface area contributed by atoms with Gasteiger partial charge >= 0.3 is 6.03 Å². The maximum absolute atomic E-state index is 12.1. The van der Waals surface area contributed by atoms with Gasteiger partial charge in [0.05, 0.1) is 12.2 Å². The Morgan fingerprint density at radius 1 is 1.52 bits per heavy atom. The van der Waals surface area contributed by atoms with E-state index >= 15 is 0 Å². The maximum atomic E-state index is 12.1. The number of nitrogens with one attached hydrogen (secondary N) is 1. The molecule has 6 heteroatoms. The van der Waals surface area contributed by atoms with Crippen molar-refractivity contribution in [3.8, 4) is 0 Å². The van der Waals surface area contributed by atoms with Crippen molar-refractivity contribution in [1.82, 2.24) is 20.1 Å². The number of aryl methyl sites for hydroxylation is 1. The highest BCUT2D eigenvalue weighted by Gasteiger charge is 2.30. The molecule has 21 heavy (non-hydrogen) atoms. The fourth-order valence-electron chi connectivity index (χ4n) is 2.29. The van der Waals surface area contributed by atoms with E-state index in [0.29, 0.717) is 19.5 Å². The number of hydrogen-bond acceptors (Lipinski definition) is 3. The summed E-state index contributed by atoms with van der Waals surface area (Å²) in [6.07, 6.45) is 3.44. The Hall–Kier alpha value is -2.11. The summed E-state index contributed by atoms with van der Waals surface area (Å²) in [4.78, 5) is 31.4. The summed E-state index contributed by atoms with van der Waals surface area (Å²) in [5.74, 6) is -0.0258. The van der Waals surface area contributed by atoms with Crippen LogP contribution in [0.1, 0.15) is 24.6 Å². The molecule has 0 radical (unpaired) electrons. The first-order chi connectivity index (χ1) is 10.0. The third-order valence-electron chi connectivity index (χ3n) is 3.77. The number of likely N-dealkylation sites (tertiary alicyclic amines) is 1. The van der Waals surface area contributed by atoms with Crippen LogP contribution < -0.4 is 5.32 Å². The van der Waals surface area contributed by atoms with E-state index in [-0.39, 0.29) is 11.9 Å². The predicted molar refractivity (Wildman–Crippen MR) is 79.7 cm³/mol. The van der Waals surface area contributed by atoms with E-state index in [0.717, 1.165) is 12.1 Å². The van der Waals surface area contributed by atoms with Gasteiger partial charge in [0.25, 0.3) is 0 Å². The van der Waals surface area contributed by atoms with Crippen LogP contribution in [0.15, 0.2) is 18.3 Å². The molecule has 114 valence electrons. The third kappa shape index (κ3) is 3.71. The van der Waals surface area contributed by atoms with Gasteiger partial charge in [0.15, 0.2) is 0 Å². The van der Waals surface area contributed by atoms with Crippen LogP contribution >= 0.6 is 0 Å². The fourth-order valence-corrected chi connectivity index (χ4v) is 2.29. The predicted octanol–water partition coefficient (Wildman–Crippen LogP) is 1.02. The quantitative estimate of drug-likeness (QED) is 0.900. The molecule has 1 fully saturated rings. The van der Waals surface area contributed by atoms with Crippen molar-refractivity contribution in [3.63, 3.8) is 0 Å². The van der Waals surface area contributed by atoms with Gasteiger partial charge in [-0.1, -0.05) is 13.0 Å². The van der Waals surface area contributed by atoms with Gasteiger partial charge in [-0.2, -0.15) is 0 Å². The average molecular weight is 290 g/mol. The van der Waals surface area contributed by atoms with E-state index in [2.05, 4.69) is 17.2 Å². The largest absolute Gasteiger partial charge is 0.344 e. The van der Waals surface area contributed by atoms with Crippen molar-refractivity contribution < 1.29 is 9.59 Å². The van der Waals surface area contributed by atoms with E-state index < -0.39 is 6.04 Å². The van der Waals surface area contributed by atoms with Crippen LogP contribution in [-0.4, -0.2) is 53.4 Å². The average Bonchev–Trinajstić information content (AvgIpc) is 2.80. The Labute approximate surface area is 125 Å². The maximum Gasteiger partial charge on any atom is 0.318 e. The summed E-state index contributed by atoms with van der Waals surface area (Å²) in [6, 6.07) is 3.30. The standard InChI is InChI=1S/C15H22N4O2/c1-4-11-5-6-12(16-9-11)10-19(3)15(21)17-13-7-8-18(2)14(13)20/h5-6,9,13H,4,7-8,10H2,1-3H3,(H,17,21). The summed E-state index contributed by atoms with van der Waals surface area (Å²) in [7, 11) is 3.45. The highest BCUT2D eigenvalue weighted by Crippen LogP contribution is 2.09. The topological polar surface area (TPSA) is 65.5 Å². The number of likely N-dealkylation sites (N-methyl/N-ethyl adjacent to an activating group) is 1. The van der Waals surface area contributed by atoms with Crippen LogP contribution in [0.4, 0.5) is 4.79 Å². The molecule has 1 saturated heterocycles. The van der Waals surface area contributed by atoms with Crippen LogP contribution in [0.3, 0.4) is 0 Å². The molecule has 1 aromatic rings. The minimum absolute atomic E-state index is 0.0258. The highest BCUT2D eigenvalue weighted by molar-refractivity contribution is 5.88. The Morgan fingerprint density at radius 2 is 2.29 bits per heavy atom. The number of carbonyl (C=O) groups is 2. The summed E-state index contributed by atoms with van der Waals surface area (Å²) < 4.78 is 0. The SMILES string of the molecule is CCc1ccc(CN(C)C(=O)NC2CCN(C)C2=O)nc1. The summed E-state index contributed by atoms with van der Waals surface area (Å²) in [6.45, 7) is 3.19. The fraction of sp³-hybridized carbons (Fsp3) is 0.533. The molecule has 6 nitrogen and oxygen atoms in total. The number of urea groups is 1. The number of nitrogens with zero attached hydrogens (tertiary/aromatic N) is 3. The zero-order valence-electron chi connectivity index (χ0n) is 12.8. The van der Waals surface area contributed by atoms with E-state index in [1.54, 1.807) is 23.9 Å². The van der Waals surface area contributed by atoms with Crippen LogP contribution in [0.2, 0.25) is 0 Å². The third-order valence-corrected chi connectivity index (χ3v) is 3.77. The molecule has 1 N–H and O–H groups in total. The molecule has 1 atom stereocenters. The molecule has 1 unspecified atom stereocenters. The van der Waals surface area contributed by atoms with Gasteiger partial charge in [-0.3, -0.25) is 9.78 Å². The zero-order valence-corrected chi connectivity index (χ0v) is 12.8. The molecular formula is C15H22N4O2. The van der Waals surface area contributed by atoms with Crippen LogP contribution in [0, 0.1) is 0 Å². The minimum atomic E-state index is -0.402. The Bertz CT molecular complexity index is 515. The Balaban J connectivity index is 1.88. The summed E-state index contributed by atoms with van der Waals surface area (Å²) in [5.41, 5.74) is 2.00. The molecule has 0 spiro atoms. The number of pyridine rings is 1. The molecule has 0 saturated carbocycles. The van der Waals surface area contributed by atoms with Crippen molar-refractivity contribution in [2.75, 3.05) is 20.6 Å². The molecule has 0 aliphatic carbocycles. The molecule has 1 aliphatic rings. The van der Waals surface area contributed by atoms with Crippen molar-refractivity contribution >= 4 is 11.9 Å². The van der Waals surface area contributed by atoms with Gasteiger partial charge in [-0.05, 0) is 24.5 Å². The van der Waals surface area contributed by atoms with Crippen molar-refractivity contribution in [1.29, 1.82) is 0 Å². The van der Waals surface area contributed by atoms with Gasteiger partial charge in [0.2, 0.25) is 5.91 Å². The van der Waals surface area contributed by atoms with E-state index in [9.17, 15) is 9.59 Å². The van der Waals surface area contributed by atoms with Gasteiger partial charge in [-0.15, -0.1) is 0 Å². The lowest BCUT2D eigenvalue weighted by Gasteiger charge is -2.20.